The van der Waals surface area contributed by atoms with Crippen molar-refractivity contribution in [1.29, 1.82) is 0 Å². The van der Waals surface area contributed by atoms with E-state index < -0.39 is 6.03 Å². The van der Waals surface area contributed by atoms with Crippen molar-refractivity contribution in [3.8, 4) is 0 Å². The number of nitrogens with zero attached hydrogens (tertiary/aromatic N) is 2. The SMILES string of the molecule is CC1CCCN1C(=O)CNC(=O)NCC(=O)N(C)C. The molecule has 1 atom stereocenters. The van der Waals surface area contributed by atoms with E-state index in [4.69, 9.17) is 0 Å². The van der Waals surface area contributed by atoms with E-state index in [-0.39, 0.29) is 30.9 Å². The fourth-order valence-corrected chi connectivity index (χ4v) is 1.94. The minimum Gasteiger partial charge on any atom is -0.347 e. The normalized spacial score (nSPS) is 18.1. The van der Waals surface area contributed by atoms with Crippen LogP contribution >= 0.6 is 0 Å². The highest BCUT2D eigenvalue weighted by molar-refractivity contribution is 5.87. The number of nitrogens with one attached hydrogen (secondary N) is 2. The topological polar surface area (TPSA) is 81.8 Å². The molecule has 1 fully saturated rings. The van der Waals surface area contributed by atoms with Gasteiger partial charge in [-0.15, -0.1) is 0 Å². The number of likely N-dealkylation sites (N-methyl/N-ethyl adjacent to an activating group) is 1. The van der Waals surface area contributed by atoms with Gasteiger partial charge in [0.1, 0.15) is 0 Å². The Morgan fingerprint density at radius 2 is 1.84 bits per heavy atom. The summed E-state index contributed by atoms with van der Waals surface area (Å²) in [6, 6.07) is -0.261. The average molecular weight is 270 g/mol. The summed E-state index contributed by atoms with van der Waals surface area (Å²) in [4.78, 5) is 37.6. The monoisotopic (exact) mass is 270 g/mol. The molecular weight excluding hydrogens is 248 g/mol. The molecule has 1 unspecified atom stereocenters. The summed E-state index contributed by atoms with van der Waals surface area (Å²) < 4.78 is 0. The lowest BCUT2D eigenvalue weighted by Gasteiger charge is -2.21. The Hall–Kier alpha value is -1.79. The van der Waals surface area contributed by atoms with Crippen molar-refractivity contribution in [3.05, 3.63) is 0 Å². The van der Waals surface area contributed by atoms with Crippen molar-refractivity contribution in [3.63, 3.8) is 0 Å². The van der Waals surface area contributed by atoms with Gasteiger partial charge in [0.15, 0.2) is 0 Å². The van der Waals surface area contributed by atoms with E-state index in [2.05, 4.69) is 10.6 Å². The standard InChI is InChI=1S/C12H22N4O3/c1-9-5-4-6-16(9)11(18)8-14-12(19)13-7-10(17)15(2)3/h9H,4-8H2,1-3H3,(H2,13,14,19). The van der Waals surface area contributed by atoms with Crippen molar-refractivity contribution < 1.29 is 14.4 Å². The van der Waals surface area contributed by atoms with Crippen molar-refractivity contribution in [2.24, 2.45) is 0 Å². The molecule has 0 bridgehead atoms. The van der Waals surface area contributed by atoms with E-state index in [0.29, 0.717) is 0 Å². The molecule has 0 aromatic carbocycles. The summed E-state index contributed by atoms with van der Waals surface area (Å²) in [5, 5.41) is 4.87. The van der Waals surface area contributed by atoms with Gasteiger partial charge in [-0.05, 0) is 19.8 Å². The van der Waals surface area contributed by atoms with Crippen LogP contribution in [-0.4, -0.2) is 67.4 Å². The highest BCUT2D eigenvalue weighted by Crippen LogP contribution is 2.15. The van der Waals surface area contributed by atoms with Gasteiger partial charge in [0.25, 0.3) is 0 Å². The molecule has 4 amide bonds. The van der Waals surface area contributed by atoms with Crippen LogP contribution in [0.1, 0.15) is 19.8 Å². The van der Waals surface area contributed by atoms with E-state index >= 15 is 0 Å². The summed E-state index contributed by atoms with van der Waals surface area (Å²) in [5.74, 6) is -0.284. The number of urea groups is 1. The first-order valence-corrected chi connectivity index (χ1v) is 6.43. The lowest BCUT2D eigenvalue weighted by molar-refractivity contribution is -0.130. The molecule has 0 aromatic heterocycles. The average Bonchev–Trinajstić information content (AvgIpc) is 2.79. The van der Waals surface area contributed by atoms with Crippen molar-refractivity contribution in [2.75, 3.05) is 33.7 Å². The predicted octanol–water partition coefficient (Wildman–Crippen LogP) is -0.615. The molecule has 0 spiro atoms. The smallest absolute Gasteiger partial charge is 0.315 e. The molecule has 19 heavy (non-hydrogen) atoms. The summed E-state index contributed by atoms with van der Waals surface area (Å²) in [5.41, 5.74) is 0. The third kappa shape index (κ3) is 4.76. The fraction of sp³-hybridized carbons (Fsp3) is 0.750. The lowest BCUT2D eigenvalue weighted by Crippen LogP contribution is -2.46. The molecule has 1 rings (SSSR count). The Kier molecular flexibility index (Phi) is 5.59. The van der Waals surface area contributed by atoms with E-state index in [9.17, 15) is 14.4 Å². The van der Waals surface area contributed by atoms with Gasteiger partial charge in [-0.2, -0.15) is 0 Å². The maximum absolute atomic E-state index is 11.8. The second-order valence-corrected chi connectivity index (χ2v) is 4.90. The van der Waals surface area contributed by atoms with Gasteiger partial charge >= 0.3 is 6.03 Å². The maximum atomic E-state index is 11.8. The molecule has 1 aliphatic heterocycles. The third-order valence-electron chi connectivity index (χ3n) is 3.17. The zero-order valence-electron chi connectivity index (χ0n) is 11.7. The molecule has 108 valence electrons. The quantitative estimate of drug-likeness (QED) is 0.714. The van der Waals surface area contributed by atoms with Gasteiger partial charge in [-0.1, -0.05) is 0 Å². The zero-order chi connectivity index (χ0) is 14.4. The summed E-state index contributed by atoms with van der Waals surface area (Å²) in [6.07, 6.45) is 2.02. The first kappa shape index (κ1) is 15.3. The minimum absolute atomic E-state index is 0.0354. The fourth-order valence-electron chi connectivity index (χ4n) is 1.94. The molecule has 0 aliphatic carbocycles. The molecule has 0 radical (unpaired) electrons. The van der Waals surface area contributed by atoms with Crippen LogP contribution in [0.4, 0.5) is 4.79 Å². The Morgan fingerprint density at radius 3 is 2.37 bits per heavy atom. The Labute approximate surface area is 113 Å². The van der Waals surface area contributed by atoms with Crippen LogP contribution in [-0.2, 0) is 9.59 Å². The number of hydrogen-bond donors (Lipinski definition) is 2. The van der Waals surface area contributed by atoms with Crippen LogP contribution in [0.2, 0.25) is 0 Å². The number of amides is 4. The number of carbonyl (C=O) groups is 3. The summed E-state index contributed by atoms with van der Waals surface area (Å²) in [6.45, 7) is 2.64. The minimum atomic E-state index is -0.504. The van der Waals surface area contributed by atoms with Crippen LogP contribution in [0, 0.1) is 0 Å². The Balaban J connectivity index is 2.23. The van der Waals surface area contributed by atoms with Crippen LogP contribution in [0.15, 0.2) is 0 Å². The maximum Gasteiger partial charge on any atom is 0.315 e. The van der Waals surface area contributed by atoms with E-state index in [1.54, 1.807) is 19.0 Å². The Morgan fingerprint density at radius 1 is 1.21 bits per heavy atom. The van der Waals surface area contributed by atoms with Crippen LogP contribution in [0.25, 0.3) is 0 Å². The first-order chi connectivity index (χ1) is 8.91. The van der Waals surface area contributed by atoms with E-state index in [1.807, 2.05) is 6.92 Å². The van der Waals surface area contributed by atoms with Crippen LogP contribution in [0.5, 0.6) is 0 Å². The summed E-state index contributed by atoms with van der Waals surface area (Å²) >= 11 is 0. The highest BCUT2D eigenvalue weighted by atomic mass is 16.2. The molecule has 1 aliphatic rings. The predicted molar refractivity (Wildman–Crippen MR) is 70.5 cm³/mol. The van der Waals surface area contributed by atoms with Crippen molar-refractivity contribution >= 4 is 17.8 Å². The van der Waals surface area contributed by atoms with Gasteiger partial charge < -0.3 is 20.4 Å². The van der Waals surface area contributed by atoms with Crippen LogP contribution in [0.3, 0.4) is 0 Å². The molecular formula is C12H22N4O3. The summed E-state index contributed by atoms with van der Waals surface area (Å²) in [7, 11) is 3.22. The number of rotatable bonds is 4. The molecule has 0 aromatic rings. The second-order valence-electron chi connectivity index (χ2n) is 4.90. The van der Waals surface area contributed by atoms with E-state index in [1.165, 1.54) is 4.90 Å². The van der Waals surface area contributed by atoms with E-state index in [0.717, 1.165) is 19.4 Å². The molecule has 2 N–H and O–H groups in total. The van der Waals surface area contributed by atoms with Gasteiger partial charge in [0.2, 0.25) is 11.8 Å². The molecule has 1 saturated heterocycles. The molecule has 0 saturated carbocycles. The second kappa shape index (κ2) is 6.96. The first-order valence-electron chi connectivity index (χ1n) is 6.43. The van der Waals surface area contributed by atoms with Crippen LogP contribution < -0.4 is 10.6 Å². The van der Waals surface area contributed by atoms with Gasteiger partial charge in [0, 0.05) is 26.7 Å². The van der Waals surface area contributed by atoms with Crippen molar-refractivity contribution in [2.45, 2.75) is 25.8 Å². The largest absolute Gasteiger partial charge is 0.347 e. The van der Waals surface area contributed by atoms with Gasteiger partial charge in [-0.25, -0.2) is 4.79 Å². The number of likely N-dealkylation sites (tertiary alicyclic amines) is 1. The molecule has 7 nitrogen and oxygen atoms in total. The highest BCUT2D eigenvalue weighted by Gasteiger charge is 2.24. The number of carbonyl (C=O) groups excluding carboxylic acids is 3. The van der Waals surface area contributed by atoms with Gasteiger partial charge in [0.05, 0.1) is 13.1 Å². The third-order valence-corrected chi connectivity index (χ3v) is 3.17. The Bertz CT molecular complexity index is 357. The van der Waals surface area contributed by atoms with Gasteiger partial charge in [-0.3, -0.25) is 9.59 Å². The number of hydrogen-bond acceptors (Lipinski definition) is 3. The zero-order valence-corrected chi connectivity index (χ0v) is 11.7. The molecule has 1 heterocycles. The van der Waals surface area contributed by atoms with Crippen molar-refractivity contribution in [1.82, 2.24) is 20.4 Å². The lowest BCUT2D eigenvalue weighted by atomic mass is 10.2. The molecule has 7 heteroatoms.